The van der Waals surface area contributed by atoms with Gasteiger partial charge in [0.05, 0.1) is 0 Å². The highest BCUT2D eigenvalue weighted by Gasteiger charge is 2.34. The molecule has 0 aromatic carbocycles. The van der Waals surface area contributed by atoms with Crippen molar-refractivity contribution in [2.75, 3.05) is 19.6 Å². The first-order valence-corrected chi connectivity index (χ1v) is 7.99. The fourth-order valence-electron chi connectivity index (χ4n) is 3.66. The summed E-state index contributed by atoms with van der Waals surface area (Å²) in [6.07, 6.45) is 8.13. The van der Waals surface area contributed by atoms with Gasteiger partial charge in [0.25, 0.3) is 0 Å². The van der Waals surface area contributed by atoms with Crippen LogP contribution in [0.5, 0.6) is 0 Å². The lowest BCUT2D eigenvalue weighted by Crippen LogP contribution is -2.39. The van der Waals surface area contributed by atoms with Crippen LogP contribution in [-0.4, -0.2) is 42.5 Å². The largest absolute Gasteiger partial charge is 0.356 e. The van der Waals surface area contributed by atoms with E-state index in [1.807, 2.05) is 0 Å². The second kappa shape index (κ2) is 5.80. The van der Waals surface area contributed by atoms with E-state index < -0.39 is 0 Å². The monoisotopic (exact) mass is 265 g/mol. The van der Waals surface area contributed by atoms with Gasteiger partial charge in [-0.1, -0.05) is 6.42 Å². The number of rotatable bonds is 4. The number of hydrogen-bond donors (Lipinski definition) is 2. The van der Waals surface area contributed by atoms with Gasteiger partial charge in [-0.3, -0.25) is 4.79 Å². The van der Waals surface area contributed by atoms with Crippen molar-refractivity contribution in [3.63, 3.8) is 0 Å². The summed E-state index contributed by atoms with van der Waals surface area (Å²) in [6.45, 7) is 3.29. The number of carbonyl (C=O) groups is 1. The minimum atomic E-state index is 0.171. The third kappa shape index (κ3) is 3.48. The fraction of sp³-hybridized carbons (Fsp3) is 0.933. The van der Waals surface area contributed by atoms with Crippen molar-refractivity contribution in [2.24, 2.45) is 17.6 Å². The molecular formula is C15H27N3O. The highest BCUT2D eigenvalue weighted by atomic mass is 16.1. The van der Waals surface area contributed by atoms with E-state index in [1.54, 1.807) is 0 Å². The Balaban J connectivity index is 1.38. The standard InChI is InChI=1S/C15H27N3O/c16-13-3-1-2-12(8-13)15(19)17-9-11-6-7-18(10-11)14-4-5-14/h11-14H,1-10,16H2,(H,17,19). The van der Waals surface area contributed by atoms with E-state index in [0.29, 0.717) is 5.92 Å². The first kappa shape index (κ1) is 13.4. The molecule has 3 aliphatic rings. The van der Waals surface area contributed by atoms with Crippen molar-refractivity contribution < 1.29 is 4.79 Å². The molecule has 3 fully saturated rings. The molecule has 19 heavy (non-hydrogen) atoms. The van der Waals surface area contributed by atoms with Gasteiger partial charge in [-0.05, 0) is 51.0 Å². The van der Waals surface area contributed by atoms with Crippen LogP contribution < -0.4 is 11.1 Å². The molecule has 0 radical (unpaired) electrons. The van der Waals surface area contributed by atoms with Crippen molar-refractivity contribution in [1.29, 1.82) is 0 Å². The van der Waals surface area contributed by atoms with Crippen LogP contribution in [0.1, 0.15) is 44.9 Å². The number of likely N-dealkylation sites (tertiary alicyclic amines) is 1. The first-order valence-electron chi connectivity index (χ1n) is 7.99. The maximum absolute atomic E-state index is 12.1. The van der Waals surface area contributed by atoms with E-state index in [2.05, 4.69) is 10.2 Å². The Labute approximate surface area is 116 Å². The Morgan fingerprint density at radius 2 is 2.05 bits per heavy atom. The molecule has 0 bridgehead atoms. The van der Waals surface area contributed by atoms with Crippen LogP contribution >= 0.6 is 0 Å². The summed E-state index contributed by atoms with van der Waals surface area (Å²) in [5, 5.41) is 3.17. The highest BCUT2D eigenvalue weighted by molar-refractivity contribution is 5.78. The van der Waals surface area contributed by atoms with Crippen LogP contribution in [0, 0.1) is 11.8 Å². The molecule has 0 aromatic heterocycles. The van der Waals surface area contributed by atoms with E-state index in [1.165, 1.54) is 32.4 Å². The fourth-order valence-corrected chi connectivity index (χ4v) is 3.66. The number of hydrogen-bond acceptors (Lipinski definition) is 3. The molecule has 3 unspecified atom stereocenters. The van der Waals surface area contributed by atoms with E-state index in [0.717, 1.165) is 38.3 Å². The zero-order valence-electron chi connectivity index (χ0n) is 11.8. The molecule has 4 nitrogen and oxygen atoms in total. The molecule has 3 atom stereocenters. The number of nitrogens with zero attached hydrogens (tertiary/aromatic N) is 1. The number of amides is 1. The lowest BCUT2D eigenvalue weighted by Gasteiger charge is -2.26. The summed E-state index contributed by atoms with van der Waals surface area (Å²) < 4.78 is 0. The van der Waals surface area contributed by atoms with Gasteiger partial charge < -0.3 is 16.0 Å². The summed E-state index contributed by atoms with van der Waals surface area (Å²) >= 11 is 0. The van der Waals surface area contributed by atoms with Crippen molar-refractivity contribution in [2.45, 2.75) is 57.0 Å². The van der Waals surface area contributed by atoms with Crippen molar-refractivity contribution in [1.82, 2.24) is 10.2 Å². The second-order valence-electron chi connectivity index (χ2n) is 6.75. The predicted molar refractivity (Wildman–Crippen MR) is 75.6 cm³/mol. The molecule has 2 aliphatic carbocycles. The van der Waals surface area contributed by atoms with Gasteiger partial charge in [0.15, 0.2) is 0 Å². The molecule has 0 aromatic rings. The van der Waals surface area contributed by atoms with Gasteiger partial charge in [-0.2, -0.15) is 0 Å². The van der Waals surface area contributed by atoms with Gasteiger partial charge >= 0.3 is 0 Å². The molecule has 3 N–H and O–H groups in total. The van der Waals surface area contributed by atoms with Crippen LogP contribution in [0.15, 0.2) is 0 Å². The molecule has 1 amide bonds. The zero-order chi connectivity index (χ0) is 13.2. The molecule has 1 heterocycles. The van der Waals surface area contributed by atoms with Crippen LogP contribution in [0.2, 0.25) is 0 Å². The minimum Gasteiger partial charge on any atom is -0.356 e. The van der Waals surface area contributed by atoms with E-state index in [4.69, 9.17) is 5.73 Å². The molecule has 108 valence electrons. The van der Waals surface area contributed by atoms with Gasteiger partial charge in [0.1, 0.15) is 0 Å². The summed E-state index contributed by atoms with van der Waals surface area (Å²) in [4.78, 5) is 14.8. The molecule has 3 rings (SSSR count). The van der Waals surface area contributed by atoms with Crippen molar-refractivity contribution >= 4 is 5.91 Å². The quantitative estimate of drug-likeness (QED) is 0.800. The van der Waals surface area contributed by atoms with Crippen LogP contribution in [0.3, 0.4) is 0 Å². The smallest absolute Gasteiger partial charge is 0.223 e. The highest BCUT2D eigenvalue weighted by Crippen LogP contribution is 2.31. The minimum absolute atomic E-state index is 0.171. The molecule has 2 saturated carbocycles. The first-order chi connectivity index (χ1) is 9.22. The van der Waals surface area contributed by atoms with E-state index in [9.17, 15) is 4.79 Å². The van der Waals surface area contributed by atoms with Crippen LogP contribution in [0.25, 0.3) is 0 Å². The molecule has 4 heteroatoms. The Morgan fingerprint density at radius 3 is 2.79 bits per heavy atom. The van der Waals surface area contributed by atoms with Crippen molar-refractivity contribution in [3.05, 3.63) is 0 Å². The van der Waals surface area contributed by atoms with Gasteiger partial charge in [-0.15, -0.1) is 0 Å². The number of nitrogens with two attached hydrogens (primary N) is 1. The lowest BCUT2D eigenvalue weighted by atomic mass is 9.85. The zero-order valence-corrected chi connectivity index (χ0v) is 11.8. The molecule has 1 aliphatic heterocycles. The Kier molecular flexibility index (Phi) is 4.08. The maximum Gasteiger partial charge on any atom is 0.223 e. The Morgan fingerprint density at radius 1 is 1.21 bits per heavy atom. The summed E-state index contributed by atoms with van der Waals surface area (Å²) in [5.74, 6) is 1.09. The third-order valence-electron chi connectivity index (χ3n) is 5.03. The summed E-state index contributed by atoms with van der Waals surface area (Å²) in [7, 11) is 0. The summed E-state index contributed by atoms with van der Waals surface area (Å²) in [5.41, 5.74) is 5.95. The molecular weight excluding hydrogens is 238 g/mol. The van der Waals surface area contributed by atoms with Gasteiger partial charge in [-0.25, -0.2) is 0 Å². The van der Waals surface area contributed by atoms with Crippen molar-refractivity contribution in [3.8, 4) is 0 Å². The van der Waals surface area contributed by atoms with E-state index >= 15 is 0 Å². The molecule has 0 spiro atoms. The number of nitrogens with one attached hydrogen (secondary N) is 1. The third-order valence-corrected chi connectivity index (χ3v) is 5.03. The molecule has 1 saturated heterocycles. The topological polar surface area (TPSA) is 58.4 Å². The predicted octanol–water partition coefficient (Wildman–Crippen LogP) is 1.10. The maximum atomic E-state index is 12.1. The average Bonchev–Trinajstić information content (AvgIpc) is 3.15. The average molecular weight is 265 g/mol. The number of carbonyl (C=O) groups excluding carboxylic acids is 1. The van der Waals surface area contributed by atoms with E-state index in [-0.39, 0.29) is 17.9 Å². The van der Waals surface area contributed by atoms with Gasteiger partial charge in [0.2, 0.25) is 5.91 Å². The second-order valence-corrected chi connectivity index (χ2v) is 6.75. The van der Waals surface area contributed by atoms with Crippen LogP contribution in [-0.2, 0) is 4.79 Å². The Hall–Kier alpha value is -0.610. The normalized spacial score (nSPS) is 36.4. The SMILES string of the molecule is NC1CCCC(C(=O)NCC2CCN(C3CC3)C2)C1. The van der Waals surface area contributed by atoms with Crippen LogP contribution in [0.4, 0.5) is 0 Å². The summed E-state index contributed by atoms with van der Waals surface area (Å²) in [6, 6.07) is 1.11. The van der Waals surface area contributed by atoms with Gasteiger partial charge in [0, 0.05) is 31.1 Å². The Bertz CT molecular complexity index is 329. The lowest BCUT2D eigenvalue weighted by molar-refractivity contribution is -0.126.